The van der Waals surface area contributed by atoms with Crippen molar-refractivity contribution in [3.63, 3.8) is 0 Å². The Kier molecular flexibility index (Phi) is 5.77. The average Bonchev–Trinajstić information content (AvgIpc) is 3.27. The maximum atomic E-state index is 13.7. The molecule has 5 aromatic rings. The lowest BCUT2D eigenvalue weighted by molar-refractivity contribution is -0.286. The first-order valence-corrected chi connectivity index (χ1v) is 15.1. The fourth-order valence-corrected chi connectivity index (χ4v) is 5.88. The maximum absolute atomic E-state index is 13.7. The third-order valence-corrected chi connectivity index (χ3v) is 8.70. The van der Waals surface area contributed by atoms with Gasteiger partial charge >= 0.3 is 6.29 Å². The number of benzene rings is 3. The predicted molar refractivity (Wildman–Crippen MR) is 151 cm³/mol. The predicted octanol–water partition coefficient (Wildman–Crippen LogP) is 6.65. The van der Waals surface area contributed by atoms with Crippen LogP contribution in [0.5, 0.6) is 11.5 Å². The van der Waals surface area contributed by atoms with Crippen molar-refractivity contribution in [3.05, 3.63) is 78.3 Å². The standard InChI is InChI=1S/C31H22F2N4O5S/c1-17-35-28(20-7-9-25-26(14-20)42-31(32,33)41-25)29(40-17)23-13-19(18-4-3-5-21(12-18)43(2,38)39)6-8-22(23)24-15-27(37-36-24)30(16-34)10-11-30/h3-9,12-15H,10-11H2,1-2H3,(H,36,37). The molecule has 2 aromatic heterocycles. The zero-order valence-corrected chi connectivity index (χ0v) is 23.6. The number of nitriles is 1. The van der Waals surface area contributed by atoms with E-state index in [0.29, 0.717) is 56.6 Å². The summed E-state index contributed by atoms with van der Waals surface area (Å²) in [5.41, 5.74) is 4.11. The molecule has 1 saturated carbocycles. The van der Waals surface area contributed by atoms with Crippen LogP contribution < -0.4 is 9.47 Å². The molecule has 0 spiro atoms. The van der Waals surface area contributed by atoms with E-state index in [9.17, 15) is 22.5 Å². The molecule has 3 heterocycles. The summed E-state index contributed by atoms with van der Waals surface area (Å²) < 4.78 is 67.3. The number of fused-ring (bicyclic) bond motifs is 1. The lowest BCUT2D eigenvalue weighted by atomic mass is 9.93. The van der Waals surface area contributed by atoms with Gasteiger partial charge in [0.05, 0.1) is 22.4 Å². The van der Waals surface area contributed by atoms with Crippen molar-refractivity contribution in [3.8, 4) is 62.5 Å². The van der Waals surface area contributed by atoms with E-state index in [0.717, 1.165) is 19.1 Å². The number of aryl methyl sites for hydroxylation is 1. The van der Waals surface area contributed by atoms with Crippen LogP contribution in [-0.2, 0) is 15.3 Å². The normalized spacial score (nSPS) is 16.2. The van der Waals surface area contributed by atoms with E-state index < -0.39 is 21.5 Å². The van der Waals surface area contributed by atoms with Crippen molar-refractivity contribution in [1.29, 1.82) is 5.26 Å². The summed E-state index contributed by atoms with van der Waals surface area (Å²) in [5.74, 6) is 0.442. The lowest BCUT2D eigenvalue weighted by Crippen LogP contribution is -2.25. The fraction of sp³-hybridized carbons (Fsp3) is 0.194. The zero-order chi connectivity index (χ0) is 30.1. The highest BCUT2D eigenvalue weighted by Crippen LogP contribution is 2.49. The smallest absolute Gasteiger partial charge is 0.440 e. The van der Waals surface area contributed by atoms with Crippen LogP contribution >= 0.6 is 0 Å². The highest BCUT2D eigenvalue weighted by Gasteiger charge is 2.47. The summed E-state index contributed by atoms with van der Waals surface area (Å²) >= 11 is 0. The van der Waals surface area contributed by atoms with Crippen LogP contribution in [0.2, 0.25) is 0 Å². The Morgan fingerprint density at radius 1 is 0.930 bits per heavy atom. The first kappa shape index (κ1) is 26.9. The zero-order valence-electron chi connectivity index (χ0n) is 22.8. The molecular formula is C31H22F2N4O5S. The Morgan fingerprint density at radius 2 is 1.67 bits per heavy atom. The summed E-state index contributed by atoms with van der Waals surface area (Å²) in [6.45, 7) is 1.67. The Hall–Kier alpha value is -5.02. The second kappa shape index (κ2) is 9.24. The van der Waals surface area contributed by atoms with Crippen molar-refractivity contribution in [2.24, 2.45) is 0 Å². The van der Waals surface area contributed by atoms with Gasteiger partial charge in [-0.1, -0.05) is 24.3 Å². The molecule has 216 valence electrons. The molecule has 2 aliphatic rings. The number of rotatable bonds is 6. The van der Waals surface area contributed by atoms with Gasteiger partial charge in [0.1, 0.15) is 11.1 Å². The van der Waals surface area contributed by atoms with E-state index in [1.165, 1.54) is 18.2 Å². The number of aromatic amines is 1. The van der Waals surface area contributed by atoms with Gasteiger partial charge in [-0.05, 0) is 66.4 Å². The van der Waals surface area contributed by atoms with Crippen molar-refractivity contribution in [2.45, 2.75) is 36.4 Å². The van der Waals surface area contributed by atoms with Crippen molar-refractivity contribution in [1.82, 2.24) is 15.2 Å². The molecule has 1 aliphatic carbocycles. The minimum atomic E-state index is -3.77. The number of aromatic nitrogens is 3. The van der Waals surface area contributed by atoms with E-state index in [-0.39, 0.29) is 16.4 Å². The Balaban J connectivity index is 1.41. The van der Waals surface area contributed by atoms with E-state index >= 15 is 0 Å². The Bertz CT molecular complexity index is 2090. The molecule has 0 bridgehead atoms. The number of nitrogens with zero attached hydrogens (tertiary/aromatic N) is 3. The summed E-state index contributed by atoms with van der Waals surface area (Å²) in [4.78, 5) is 4.75. The molecule has 7 rings (SSSR count). The number of sulfone groups is 1. The number of hydrogen-bond acceptors (Lipinski definition) is 8. The second-order valence-corrected chi connectivity index (χ2v) is 12.7. The third kappa shape index (κ3) is 4.71. The van der Waals surface area contributed by atoms with Gasteiger partial charge in [0.2, 0.25) is 0 Å². The molecule has 0 radical (unpaired) electrons. The van der Waals surface area contributed by atoms with Crippen LogP contribution in [0, 0.1) is 18.3 Å². The van der Waals surface area contributed by atoms with E-state index in [2.05, 4.69) is 30.7 Å². The van der Waals surface area contributed by atoms with E-state index in [4.69, 9.17) is 4.42 Å². The molecule has 1 fully saturated rings. The quantitative estimate of drug-likeness (QED) is 0.229. The highest BCUT2D eigenvalue weighted by molar-refractivity contribution is 7.90. The highest BCUT2D eigenvalue weighted by atomic mass is 32.2. The van der Waals surface area contributed by atoms with Crippen molar-refractivity contribution in [2.75, 3.05) is 6.26 Å². The molecule has 43 heavy (non-hydrogen) atoms. The van der Waals surface area contributed by atoms with Gasteiger partial charge in [-0.3, -0.25) is 5.10 Å². The first-order valence-electron chi connectivity index (χ1n) is 13.2. The van der Waals surface area contributed by atoms with Gasteiger partial charge in [-0.25, -0.2) is 13.4 Å². The SMILES string of the molecule is Cc1nc(-c2ccc3c(c2)OC(F)(F)O3)c(-c2cc(-c3cccc(S(C)(=O)=O)c3)ccc2-c2cc(C3(C#N)CC3)n[nH]2)o1. The largest absolute Gasteiger partial charge is 0.586 e. The third-order valence-electron chi connectivity index (χ3n) is 7.59. The summed E-state index contributed by atoms with van der Waals surface area (Å²) in [6.07, 6.45) is -1.17. The Labute approximate surface area is 244 Å². The molecule has 0 saturated heterocycles. The first-order chi connectivity index (χ1) is 20.4. The van der Waals surface area contributed by atoms with Crippen LogP contribution in [0.4, 0.5) is 8.78 Å². The van der Waals surface area contributed by atoms with Crippen LogP contribution in [0.3, 0.4) is 0 Å². The van der Waals surface area contributed by atoms with Crippen molar-refractivity contribution < 1.29 is 31.1 Å². The number of hydrogen-bond donors (Lipinski definition) is 1. The van der Waals surface area contributed by atoms with Gasteiger partial charge in [0.25, 0.3) is 0 Å². The van der Waals surface area contributed by atoms with Crippen LogP contribution in [0.15, 0.2) is 76.0 Å². The average molecular weight is 601 g/mol. The number of ether oxygens (including phenoxy) is 2. The van der Waals surface area contributed by atoms with E-state index in [1.807, 2.05) is 24.3 Å². The number of halogens is 2. The van der Waals surface area contributed by atoms with Gasteiger partial charge in [0.15, 0.2) is 33.0 Å². The fourth-order valence-electron chi connectivity index (χ4n) is 5.21. The number of nitrogens with one attached hydrogen (secondary N) is 1. The van der Waals surface area contributed by atoms with Gasteiger partial charge in [0, 0.05) is 29.9 Å². The molecule has 0 atom stereocenters. The summed E-state index contributed by atoms with van der Waals surface area (Å²) in [7, 11) is -3.45. The van der Waals surface area contributed by atoms with E-state index in [1.54, 1.807) is 31.2 Å². The summed E-state index contributed by atoms with van der Waals surface area (Å²) in [5, 5.41) is 17.2. The monoisotopic (exact) mass is 600 g/mol. The molecule has 1 N–H and O–H groups in total. The molecule has 0 unspecified atom stereocenters. The minimum Gasteiger partial charge on any atom is -0.440 e. The van der Waals surface area contributed by atoms with Gasteiger partial charge in [-0.15, -0.1) is 8.78 Å². The number of alkyl halides is 2. The summed E-state index contributed by atoms with van der Waals surface area (Å²) in [6, 6.07) is 20.7. The van der Waals surface area contributed by atoms with Gasteiger partial charge < -0.3 is 13.9 Å². The van der Waals surface area contributed by atoms with Crippen LogP contribution in [-0.4, -0.2) is 36.1 Å². The van der Waals surface area contributed by atoms with Crippen LogP contribution in [0.25, 0.3) is 45.0 Å². The molecule has 3 aromatic carbocycles. The topological polar surface area (TPSA) is 131 Å². The minimum absolute atomic E-state index is 0.0968. The maximum Gasteiger partial charge on any atom is 0.586 e. The molecular weight excluding hydrogens is 578 g/mol. The number of H-pyrrole nitrogens is 1. The lowest BCUT2D eigenvalue weighted by Gasteiger charge is -2.12. The molecule has 1 aliphatic heterocycles. The molecule has 12 heteroatoms. The molecule has 0 amide bonds. The second-order valence-electron chi connectivity index (χ2n) is 10.7. The Morgan fingerprint density at radius 3 is 2.42 bits per heavy atom. The number of oxazole rings is 1. The molecule has 9 nitrogen and oxygen atoms in total. The van der Waals surface area contributed by atoms with Gasteiger partial charge in [-0.2, -0.15) is 10.4 Å². The van der Waals surface area contributed by atoms with Crippen molar-refractivity contribution >= 4 is 9.84 Å². The van der Waals surface area contributed by atoms with Crippen LogP contribution in [0.1, 0.15) is 24.4 Å².